The van der Waals surface area contributed by atoms with E-state index in [1.807, 2.05) is 0 Å². The molecule has 0 heterocycles. The minimum atomic E-state index is -0.964. The summed E-state index contributed by atoms with van der Waals surface area (Å²) in [5.74, 6) is -2.49. The molecule has 4 nitrogen and oxygen atoms in total. The molecule has 2 aromatic rings. The zero-order valence-corrected chi connectivity index (χ0v) is 10.6. The third-order valence-electron chi connectivity index (χ3n) is 2.87. The number of hydrogen-bond donors (Lipinski definition) is 3. The van der Waals surface area contributed by atoms with E-state index in [2.05, 4.69) is 5.32 Å². The van der Waals surface area contributed by atoms with Crippen molar-refractivity contribution in [1.82, 2.24) is 0 Å². The third-order valence-corrected chi connectivity index (χ3v) is 2.87. The second kappa shape index (κ2) is 5.16. The van der Waals surface area contributed by atoms with Crippen LogP contribution in [0.4, 0.5) is 20.2 Å². The van der Waals surface area contributed by atoms with E-state index in [9.17, 15) is 18.7 Å². The zero-order chi connectivity index (χ0) is 14.9. The second-order valence-corrected chi connectivity index (χ2v) is 4.26. The van der Waals surface area contributed by atoms with Gasteiger partial charge in [0, 0.05) is 17.2 Å². The van der Waals surface area contributed by atoms with Crippen LogP contribution in [0.5, 0.6) is 5.75 Å². The molecule has 0 aliphatic carbocycles. The lowest BCUT2D eigenvalue weighted by Gasteiger charge is -2.11. The molecule has 4 N–H and O–H groups in total. The molecule has 20 heavy (non-hydrogen) atoms. The van der Waals surface area contributed by atoms with Crippen molar-refractivity contribution in [3.63, 3.8) is 0 Å². The van der Waals surface area contributed by atoms with Crippen molar-refractivity contribution in [3.05, 3.63) is 53.1 Å². The summed E-state index contributed by atoms with van der Waals surface area (Å²) in [7, 11) is 0. The molecule has 2 rings (SSSR count). The number of anilines is 2. The van der Waals surface area contributed by atoms with Crippen LogP contribution in [0.2, 0.25) is 0 Å². The molecule has 0 aliphatic rings. The van der Waals surface area contributed by atoms with Crippen LogP contribution in [0.3, 0.4) is 0 Å². The van der Waals surface area contributed by atoms with Gasteiger partial charge in [-0.1, -0.05) is 6.07 Å². The number of nitrogens with two attached hydrogens (primary N) is 1. The van der Waals surface area contributed by atoms with Gasteiger partial charge in [0.05, 0.1) is 5.69 Å². The molecular formula is C14H12F2N2O2. The highest BCUT2D eigenvalue weighted by molar-refractivity contribution is 6.07. The van der Waals surface area contributed by atoms with E-state index in [1.54, 1.807) is 6.92 Å². The van der Waals surface area contributed by atoms with Crippen molar-refractivity contribution in [3.8, 4) is 5.75 Å². The number of rotatable bonds is 2. The minimum Gasteiger partial charge on any atom is -0.508 e. The molecule has 0 fully saturated rings. The zero-order valence-electron chi connectivity index (χ0n) is 10.6. The molecule has 0 bridgehead atoms. The Balaban J connectivity index is 2.36. The van der Waals surface area contributed by atoms with Crippen molar-refractivity contribution in [1.29, 1.82) is 0 Å². The first-order valence-corrected chi connectivity index (χ1v) is 5.74. The second-order valence-electron chi connectivity index (χ2n) is 4.26. The number of nitrogen functional groups attached to an aromatic ring is 1. The minimum absolute atomic E-state index is 0.0507. The van der Waals surface area contributed by atoms with Gasteiger partial charge in [-0.2, -0.15) is 0 Å². The Hall–Kier alpha value is -2.63. The monoisotopic (exact) mass is 278 g/mol. The summed E-state index contributed by atoms with van der Waals surface area (Å²) >= 11 is 0. The SMILES string of the molecule is Cc1c(O)cccc1C(=O)Nc1c(N)cc(F)cc1F. The van der Waals surface area contributed by atoms with Crippen molar-refractivity contribution < 1.29 is 18.7 Å². The topological polar surface area (TPSA) is 75.3 Å². The van der Waals surface area contributed by atoms with Crippen LogP contribution in [0.1, 0.15) is 15.9 Å². The maximum atomic E-state index is 13.6. The van der Waals surface area contributed by atoms with Crippen LogP contribution in [-0.2, 0) is 0 Å². The molecule has 0 aromatic heterocycles. The first kappa shape index (κ1) is 13.8. The number of halogens is 2. The number of carbonyl (C=O) groups excluding carboxylic acids is 1. The first-order chi connectivity index (χ1) is 9.40. The predicted octanol–water partition coefficient (Wildman–Crippen LogP) is 2.81. The van der Waals surface area contributed by atoms with Crippen molar-refractivity contribution in [2.24, 2.45) is 0 Å². The fourth-order valence-corrected chi connectivity index (χ4v) is 1.78. The lowest BCUT2D eigenvalue weighted by molar-refractivity contribution is 0.102. The van der Waals surface area contributed by atoms with E-state index in [4.69, 9.17) is 5.73 Å². The lowest BCUT2D eigenvalue weighted by Crippen LogP contribution is -2.16. The van der Waals surface area contributed by atoms with Gasteiger partial charge in [-0.15, -0.1) is 0 Å². The average Bonchev–Trinajstić information content (AvgIpc) is 2.36. The summed E-state index contributed by atoms with van der Waals surface area (Å²) in [6.07, 6.45) is 0. The molecule has 2 aromatic carbocycles. The summed E-state index contributed by atoms with van der Waals surface area (Å²) in [5, 5.41) is 11.8. The number of benzene rings is 2. The Bertz CT molecular complexity index is 664. The van der Waals surface area contributed by atoms with Gasteiger partial charge in [-0.3, -0.25) is 4.79 Å². The van der Waals surface area contributed by atoms with Crippen LogP contribution in [0, 0.1) is 18.6 Å². The van der Waals surface area contributed by atoms with Crippen LogP contribution in [0.25, 0.3) is 0 Å². The van der Waals surface area contributed by atoms with Crippen LogP contribution in [0.15, 0.2) is 30.3 Å². The summed E-state index contributed by atoms with van der Waals surface area (Å²) in [4.78, 5) is 12.0. The predicted molar refractivity (Wildman–Crippen MR) is 71.6 cm³/mol. The molecule has 6 heteroatoms. The molecular weight excluding hydrogens is 266 g/mol. The summed E-state index contributed by atoms with van der Waals surface area (Å²) in [5.41, 5.74) is 5.49. The molecule has 0 aliphatic heterocycles. The molecule has 104 valence electrons. The van der Waals surface area contributed by atoms with Gasteiger partial charge in [0.15, 0.2) is 5.82 Å². The number of carbonyl (C=O) groups is 1. The van der Waals surface area contributed by atoms with Crippen molar-refractivity contribution >= 4 is 17.3 Å². The smallest absolute Gasteiger partial charge is 0.256 e. The molecule has 0 radical (unpaired) electrons. The normalized spacial score (nSPS) is 10.3. The standard InChI is InChI=1S/C14H12F2N2O2/c1-7-9(3-2-4-12(7)19)14(20)18-13-10(16)5-8(15)6-11(13)17/h2-6,19H,17H2,1H3,(H,18,20). The van der Waals surface area contributed by atoms with E-state index < -0.39 is 17.5 Å². The molecule has 0 spiro atoms. The molecule has 0 unspecified atom stereocenters. The van der Waals surface area contributed by atoms with Crippen LogP contribution < -0.4 is 11.1 Å². The van der Waals surface area contributed by atoms with Gasteiger partial charge in [-0.25, -0.2) is 8.78 Å². The first-order valence-electron chi connectivity index (χ1n) is 5.74. The van der Waals surface area contributed by atoms with E-state index in [1.165, 1.54) is 18.2 Å². The average molecular weight is 278 g/mol. The molecule has 0 atom stereocenters. The Morgan fingerprint density at radius 1 is 1.30 bits per heavy atom. The number of amides is 1. The Labute approximate surface area is 113 Å². The van der Waals surface area contributed by atoms with Crippen molar-refractivity contribution in [2.45, 2.75) is 6.92 Å². The summed E-state index contributed by atoms with van der Waals surface area (Å²) < 4.78 is 26.5. The number of aromatic hydroxyl groups is 1. The van der Waals surface area contributed by atoms with Gasteiger partial charge in [0.25, 0.3) is 5.91 Å². The van der Waals surface area contributed by atoms with Crippen LogP contribution in [-0.4, -0.2) is 11.0 Å². The van der Waals surface area contributed by atoms with Gasteiger partial charge in [-0.05, 0) is 25.1 Å². The highest BCUT2D eigenvalue weighted by atomic mass is 19.1. The summed E-state index contributed by atoms with van der Waals surface area (Å²) in [6, 6.07) is 5.93. The van der Waals surface area contributed by atoms with E-state index in [0.29, 0.717) is 11.6 Å². The lowest BCUT2D eigenvalue weighted by atomic mass is 10.1. The Morgan fingerprint density at radius 3 is 2.65 bits per heavy atom. The number of phenols is 1. The van der Waals surface area contributed by atoms with E-state index in [-0.39, 0.29) is 22.7 Å². The van der Waals surface area contributed by atoms with Gasteiger partial charge in [0.2, 0.25) is 0 Å². The summed E-state index contributed by atoms with van der Waals surface area (Å²) in [6.45, 7) is 1.55. The fourth-order valence-electron chi connectivity index (χ4n) is 1.78. The number of phenolic OH excluding ortho intramolecular Hbond substituents is 1. The molecule has 0 saturated carbocycles. The van der Waals surface area contributed by atoms with E-state index in [0.717, 1.165) is 6.07 Å². The fraction of sp³-hybridized carbons (Fsp3) is 0.0714. The number of hydrogen-bond acceptors (Lipinski definition) is 3. The highest BCUT2D eigenvalue weighted by Crippen LogP contribution is 2.26. The molecule has 0 saturated heterocycles. The Kier molecular flexibility index (Phi) is 3.56. The maximum Gasteiger partial charge on any atom is 0.256 e. The van der Waals surface area contributed by atoms with Crippen LogP contribution >= 0.6 is 0 Å². The Morgan fingerprint density at radius 2 is 2.00 bits per heavy atom. The van der Waals surface area contributed by atoms with E-state index >= 15 is 0 Å². The maximum absolute atomic E-state index is 13.6. The molecule has 1 amide bonds. The van der Waals surface area contributed by atoms with Crippen molar-refractivity contribution in [2.75, 3.05) is 11.1 Å². The highest BCUT2D eigenvalue weighted by Gasteiger charge is 2.16. The quantitative estimate of drug-likeness (QED) is 0.739. The van der Waals surface area contributed by atoms with Gasteiger partial charge in [0.1, 0.15) is 17.3 Å². The third kappa shape index (κ3) is 2.54. The largest absolute Gasteiger partial charge is 0.508 e. The number of nitrogens with one attached hydrogen (secondary N) is 1. The van der Waals surface area contributed by atoms with Gasteiger partial charge < -0.3 is 16.2 Å². The van der Waals surface area contributed by atoms with Gasteiger partial charge >= 0.3 is 0 Å².